The third-order valence-corrected chi connectivity index (χ3v) is 5.31. The normalized spacial score (nSPS) is 12.9. The molecule has 0 saturated heterocycles. The van der Waals surface area contributed by atoms with Gasteiger partial charge in [-0.3, -0.25) is 0 Å². The van der Waals surface area contributed by atoms with Gasteiger partial charge in [0.15, 0.2) is 0 Å². The molecule has 0 amide bonds. The molecule has 2 aromatic rings. The first-order valence-electron chi connectivity index (χ1n) is 6.11. The maximum absolute atomic E-state index is 11.4. The van der Waals surface area contributed by atoms with Crippen LogP contribution >= 0.6 is 23.5 Å². The first-order valence-corrected chi connectivity index (χ1v) is 7.74. The van der Waals surface area contributed by atoms with Crippen LogP contribution in [0.5, 0.6) is 0 Å². The van der Waals surface area contributed by atoms with E-state index in [2.05, 4.69) is 35.1 Å². The SMILES string of the molecule is COC(=O)c1ccc(C=C2Sc3ccccc3S2)cc1. The Morgan fingerprint density at radius 3 is 2.15 bits per heavy atom. The summed E-state index contributed by atoms with van der Waals surface area (Å²) in [6.45, 7) is 0. The smallest absolute Gasteiger partial charge is 0.337 e. The summed E-state index contributed by atoms with van der Waals surface area (Å²) in [7, 11) is 1.39. The molecule has 0 bridgehead atoms. The van der Waals surface area contributed by atoms with Crippen LogP contribution < -0.4 is 0 Å². The van der Waals surface area contributed by atoms with Gasteiger partial charge in [-0.2, -0.15) is 0 Å². The number of ether oxygens (including phenoxy) is 1. The van der Waals surface area contributed by atoms with E-state index in [1.807, 2.05) is 12.1 Å². The monoisotopic (exact) mass is 300 g/mol. The van der Waals surface area contributed by atoms with Gasteiger partial charge < -0.3 is 4.74 Å². The third-order valence-electron chi connectivity index (χ3n) is 2.89. The van der Waals surface area contributed by atoms with Crippen molar-refractivity contribution in [3.8, 4) is 0 Å². The first-order chi connectivity index (χ1) is 9.76. The third kappa shape index (κ3) is 2.76. The van der Waals surface area contributed by atoms with E-state index in [0.29, 0.717) is 5.56 Å². The van der Waals surface area contributed by atoms with Crippen LogP contribution in [0.25, 0.3) is 6.08 Å². The zero-order valence-electron chi connectivity index (χ0n) is 10.8. The number of hydrogen-bond donors (Lipinski definition) is 0. The summed E-state index contributed by atoms with van der Waals surface area (Å²) in [6.07, 6.45) is 2.14. The summed E-state index contributed by atoms with van der Waals surface area (Å²) < 4.78 is 5.94. The van der Waals surface area contributed by atoms with Crippen LogP contribution in [0.2, 0.25) is 0 Å². The first kappa shape index (κ1) is 13.3. The van der Waals surface area contributed by atoms with Crippen molar-refractivity contribution >= 4 is 35.6 Å². The lowest BCUT2D eigenvalue weighted by Crippen LogP contribution is -2.00. The lowest BCUT2D eigenvalue weighted by molar-refractivity contribution is 0.0601. The van der Waals surface area contributed by atoms with Crippen LogP contribution in [-0.2, 0) is 4.74 Å². The van der Waals surface area contributed by atoms with E-state index in [1.165, 1.54) is 21.1 Å². The molecule has 0 saturated carbocycles. The van der Waals surface area contributed by atoms with Crippen molar-refractivity contribution in [2.75, 3.05) is 7.11 Å². The number of thioether (sulfide) groups is 2. The molecule has 4 heteroatoms. The van der Waals surface area contributed by atoms with Crippen molar-refractivity contribution in [3.63, 3.8) is 0 Å². The zero-order valence-corrected chi connectivity index (χ0v) is 12.5. The Bertz CT molecular complexity index is 648. The van der Waals surface area contributed by atoms with Gasteiger partial charge in [0.1, 0.15) is 0 Å². The lowest BCUT2D eigenvalue weighted by atomic mass is 10.1. The Morgan fingerprint density at radius 2 is 1.60 bits per heavy atom. The predicted octanol–water partition coefficient (Wildman–Crippen LogP) is 4.67. The molecule has 1 aliphatic heterocycles. The number of carbonyl (C=O) groups excluding carboxylic acids is 1. The number of benzene rings is 2. The second kappa shape index (κ2) is 5.77. The minimum atomic E-state index is -0.304. The molecule has 1 aliphatic rings. The maximum atomic E-state index is 11.4. The standard InChI is InChI=1S/C16H12O2S2/c1-18-16(17)12-8-6-11(7-9-12)10-15-19-13-4-2-3-5-14(13)20-15/h2-10H,1H3. The van der Waals surface area contributed by atoms with Crippen molar-refractivity contribution < 1.29 is 9.53 Å². The molecule has 0 aromatic heterocycles. The van der Waals surface area contributed by atoms with Crippen LogP contribution in [0.15, 0.2) is 62.6 Å². The fourth-order valence-corrected chi connectivity index (χ4v) is 4.29. The van der Waals surface area contributed by atoms with Crippen molar-refractivity contribution in [1.29, 1.82) is 0 Å². The fraction of sp³-hybridized carbons (Fsp3) is 0.0625. The average Bonchev–Trinajstić information content (AvgIpc) is 2.89. The highest BCUT2D eigenvalue weighted by Crippen LogP contribution is 2.51. The molecule has 2 aromatic carbocycles. The van der Waals surface area contributed by atoms with E-state index in [4.69, 9.17) is 0 Å². The largest absolute Gasteiger partial charge is 0.465 e. The van der Waals surface area contributed by atoms with Gasteiger partial charge in [0, 0.05) is 9.79 Å². The summed E-state index contributed by atoms with van der Waals surface area (Å²) >= 11 is 3.56. The summed E-state index contributed by atoms with van der Waals surface area (Å²) in [4.78, 5) is 14.0. The quantitative estimate of drug-likeness (QED) is 0.753. The minimum Gasteiger partial charge on any atom is -0.465 e. The van der Waals surface area contributed by atoms with Crippen LogP contribution in [0.4, 0.5) is 0 Å². The topological polar surface area (TPSA) is 26.3 Å². The molecule has 0 atom stereocenters. The Labute approximate surface area is 126 Å². The highest BCUT2D eigenvalue weighted by molar-refractivity contribution is 8.24. The van der Waals surface area contributed by atoms with Gasteiger partial charge in [0.25, 0.3) is 0 Å². The predicted molar refractivity (Wildman–Crippen MR) is 83.9 cm³/mol. The van der Waals surface area contributed by atoms with Gasteiger partial charge in [-0.05, 0) is 35.9 Å². The Morgan fingerprint density at radius 1 is 1.00 bits per heavy atom. The summed E-state index contributed by atoms with van der Waals surface area (Å²) in [6, 6.07) is 15.8. The Balaban J connectivity index is 1.79. The number of fused-ring (bicyclic) bond motifs is 1. The highest BCUT2D eigenvalue weighted by Gasteiger charge is 2.16. The highest BCUT2D eigenvalue weighted by atomic mass is 32.2. The van der Waals surface area contributed by atoms with Crippen LogP contribution in [0, 0.1) is 0 Å². The molecular formula is C16H12O2S2. The van der Waals surface area contributed by atoms with Gasteiger partial charge in [-0.25, -0.2) is 4.79 Å². The maximum Gasteiger partial charge on any atom is 0.337 e. The molecular weight excluding hydrogens is 288 g/mol. The Kier molecular flexibility index (Phi) is 3.85. The molecule has 0 radical (unpaired) electrons. The van der Waals surface area contributed by atoms with Crippen molar-refractivity contribution in [2.24, 2.45) is 0 Å². The van der Waals surface area contributed by atoms with Crippen LogP contribution in [0.1, 0.15) is 15.9 Å². The molecule has 3 rings (SSSR count). The number of carbonyl (C=O) groups is 1. The zero-order chi connectivity index (χ0) is 13.9. The van der Waals surface area contributed by atoms with E-state index < -0.39 is 0 Å². The fourth-order valence-electron chi connectivity index (χ4n) is 1.88. The van der Waals surface area contributed by atoms with Gasteiger partial charge >= 0.3 is 5.97 Å². The molecule has 0 unspecified atom stereocenters. The number of esters is 1. The second-order valence-corrected chi connectivity index (χ2v) is 6.65. The molecule has 0 aliphatic carbocycles. The van der Waals surface area contributed by atoms with Gasteiger partial charge in [-0.1, -0.05) is 47.8 Å². The van der Waals surface area contributed by atoms with E-state index in [9.17, 15) is 4.79 Å². The summed E-state index contributed by atoms with van der Waals surface area (Å²) in [5.41, 5.74) is 1.66. The van der Waals surface area contributed by atoms with Crippen LogP contribution in [-0.4, -0.2) is 13.1 Å². The summed E-state index contributed by atoms with van der Waals surface area (Å²) in [5.74, 6) is -0.304. The van der Waals surface area contributed by atoms with Gasteiger partial charge in [0.05, 0.1) is 16.9 Å². The van der Waals surface area contributed by atoms with Crippen LogP contribution in [0.3, 0.4) is 0 Å². The molecule has 20 heavy (non-hydrogen) atoms. The van der Waals surface area contributed by atoms with E-state index in [-0.39, 0.29) is 5.97 Å². The molecule has 0 spiro atoms. The molecule has 1 heterocycles. The van der Waals surface area contributed by atoms with Crippen molar-refractivity contribution in [1.82, 2.24) is 0 Å². The average molecular weight is 300 g/mol. The van der Waals surface area contributed by atoms with Crippen molar-refractivity contribution in [2.45, 2.75) is 9.79 Å². The van der Waals surface area contributed by atoms with E-state index >= 15 is 0 Å². The molecule has 0 fully saturated rings. The van der Waals surface area contributed by atoms with E-state index in [0.717, 1.165) is 5.56 Å². The Hall–Kier alpha value is -1.65. The van der Waals surface area contributed by atoms with Gasteiger partial charge in [-0.15, -0.1) is 0 Å². The van der Waals surface area contributed by atoms with E-state index in [1.54, 1.807) is 35.7 Å². The number of rotatable bonds is 2. The lowest BCUT2D eigenvalue weighted by Gasteiger charge is -2.00. The van der Waals surface area contributed by atoms with Crippen molar-refractivity contribution in [3.05, 3.63) is 63.9 Å². The minimum absolute atomic E-state index is 0.304. The molecule has 0 N–H and O–H groups in total. The molecule has 2 nitrogen and oxygen atoms in total. The summed E-state index contributed by atoms with van der Waals surface area (Å²) in [5, 5.41) is 0. The van der Waals surface area contributed by atoms with Gasteiger partial charge in [0.2, 0.25) is 0 Å². The number of hydrogen-bond acceptors (Lipinski definition) is 4. The molecule has 100 valence electrons. The number of methoxy groups -OCH3 is 1. The second-order valence-electron chi connectivity index (χ2n) is 4.23.